The highest BCUT2D eigenvalue weighted by atomic mass is 32.2. The van der Waals surface area contributed by atoms with Gasteiger partial charge in [0.05, 0.1) is 18.7 Å². The van der Waals surface area contributed by atoms with Gasteiger partial charge >= 0.3 is 0 Å². The molecule has 0 unspecified atom stereocenters. The van der Waals surface area contributed by atoms with Crippen LogP contribution in [0.1, 0.15) is 36.8 Å². The molecule has 156 valence electrons. The van der Waals surface area contributed by atoms with E-state index in [1.54, 1.807) is 24.3 Å². The van der Waals surface area contributed by atoms with Crippen LogP contribution in [0.15, 0.2) is 47.4 Å². The lowest BCUT2D eigenvalue weighted by Crippen LogP contribution is -2.36. The first-order chi connectivity index (χ1) is 13.9. The summed E-state index contributed by atoms with van der Waals surface area (Å²) >= 11 is 0. The normalized spacial score (nSPS) is 15.1. The van der Waals surface area contributed by atoms with Gasteiger partial charge in [-0.3, -0.25) is 4.79 Å². The summed E-state index contributed by atoms with van der Waals surface area (Å²) in [5.74, 6) is 0.475. The topological polar surface area (TPSA) is 75.7 Å². The van der Waals surface area contributed by atoms with Crippen molar-refractivity contribution in [1.29, 1.82) is 0 Å². The molecule has 2 aromatic carbocycles. The summed E-state index contributed by atoms with van der Waals surface area (Å²) in [6.45, 7) is 5.25. The maximum atomic E-state index is 13.0. The largest absolute Gasteiger partial charge is 0.493 e. The van der Waals surface area contributed by atoms with E-state index in [1.807, 2.05) is 32.0 Å². The van der Waals surface area contributed by atoms with Gasteiger partial charge in [-0.05, 0) is 56.0 Å². The van der Waals surface area contributed by atoms with Crippen molar-refractivity contribution in [2.75, 3.05) is 25.0 Å². The van der Waals surface area contributed by atoms with Crippen molar-refractivity contribution in [2.45, 2.75) is 44.4 Å². The second kappa shape index (κ2) is 9.41. The van der Waals surface area contributed by atoms with Gasteiger partial charge in [-0.25, -0.2) is 8.42 Å². The number of sulfonamides is 1. The smallest absolute Gasteiger partial charge is 0.245 e. The lowest BCUT2D eigenvalue weighted by molar-refractivity contribution is -0.116. The van der Waals surface area contributed by atoms with Crippen molar-refractivity contribution in [2.24, 2.45) is 0 Å². The number of nitrogens with one attached hydrogen (secondary N) is 1. The molecular weight excluding hydrogens is 388 g/mol. The Labute approximate surface area is 172 Å². The summed E-state index contributed by atoms with van der Waals surface area (Å²) in [5, 5.41) is 2.74. The monoisotopic (exact) mass is 416 g/mol. The van der Waals surface area contributed by atoms with E-state index in [2.05, 4.69) is 5.32 Å². The van der Waals surface area contributed by atoms with E-state index in [9.17, 15) is 13.2 Å². The Balaban J connectivity index is 1.64. The summed E-state index contributed by atoms with van der Waals surface area (Å²) in [4.78, 5) is 12.6. The SMILES string of the molecule is Cc1cccc(OCCC(=O)Nc2ccccc2S(=O)(=O)N2CCCCC2)c1C. The number of benzene rings is 2. The maximum Gasteiger partial charge on any atom is 0.245 e. The number of aryl methyl sites for hydroxylation is 1. The lowest BCUT2D eigenvalue weighted by Gasteiger charge is -2.26. The van der Waals surface area contributed by atoms with Crippen LogP contribution in [0.3, 0.4) is 0 Å². The number of ether oxygens (including phenoxy) is 1. The van der Waals surface area contributed by atoms with Crippen LogP contribution >= 0.6 is 0 Å². The predicted molar refractivity (Wildman–Crippen MR) is 114 cm³/mol. The number of anilines is 1. The van der Waals surface area contributed by atoms with Gasteiger partial charge in [-0.2, -0.15) is 4.31 Å². The first-order valence-electron chi connectivity index (χ1n) is 9.97. The Morgan fingerprint density at radius 2 is 1.76 bits per heavy atom. The molecule has 1 aliphatic rings. The fraction of sp³-hybridized carbons (Fsp3) is 0.409. The molecule has 29 heavy (non-hydrogen) atoms. The molecule has 0 saturated carbocycles. The highest BCUT2D eigenvalue weighted by Crippen LogP contribution is 2.27. The van der Waals surface area contributed by atoms with Crippen LogP contribution in [0.2, 0.25) is 0 Å². The van der Waals surface area contributed by atoms with Gasteiger partial charge in [-0.15, -0.1) is 0 Å². The molecule has 1 aliphatic heterocycles. The molecule has 0 bridgehead atoms. The molecule has 6 nitrogen and oxygen atoms in total. The Hall–Kier alpha value is -2.38. The number of piperidine rings is 1. The van der Waals surface area contributed by atoms with E-state index in [0.29, 0.717) is 18.8 Å². The lowest BCUT2D eigenvalue weighted by atomic mass is 10.1. The van der Waals surface area contributed by atoms with Crippen molar-refractivity contribution in [1.82, 2.24) is 4.31 Å². The van der Waals surface area contributed by atoms with Crippen LogP contribution < -0.4 is 10.1 Å². The summed E-state index contributed by atoms with van der Waals surface area (Å²) in [6, 6.07) is 12.4. The zero-order valence-electron chi connectivity index (χ0n) is 17.0. The Bertz CT molecular complexity index is 967. The summed E-state index contributed by atoms with van der Waals surface area (Å²) < 4.78 is 33.3. The van der Waals surface area contributed by atoms with E-state index < -0.39 is 10.0 Å². The van der Waals surface area contributed by atoms with Crippen LogP contribution in [-0.4, -0.2) is 38.3 Å². The molecule has 3 rings (SSSR count). The highest BCUT2D eigenvalue weighted by Gasteiger charge is 2.28. The van der Waals surface area contributed by atoms with E-state index in [4.69, 9.17) is 4.74 Å². The first kappa shape index (κ1) is 21.3. The number of hydrogen-bond acceptors (Lipinski definition) is 4. The van der Waals surface area contributed by atoms with Crippen LogP contribution in [-0.2, 0) is 14.8 Å². The molecule has 0 radical (unpaired) electrons. The van der Waals surface area contributed by atoms with E-state index in [0.717, 1.165) is 36.1 Å². The molecule has 1 N–H and O–H groups in total. The fourth-order valence-electron chi connectivity index (χ4n) is 3.39. The first-order valence-corrected chi connectivity index (χ1v) is 11.4. The zero-order valence-corrected chi connectivity index (χ0v) is 17.8. The van der Waals surface area contributed by atoms with Crippen molar-refractivity contribution in [3.05, 3.63) is 53.6 Å². The van der Waals surface area contributed by atoms with Crippen molar-refractivity contribution in [3.8, 4) is 5.75 Å². The molecule has 1 heterocycles. The number of hydrogen-bond donors (Lipinski definition) is 1. The molecule has 1 amide bonds. The van der Waals surface area contributed by atoms with Crippen molar-refractivity contribution in [3.63, 3.8) is 0 Å². The number of carbonyl (C=O) groups is 1. The fourth-order valence-corrected chi connectivity index (χ4v) is 5.05. The third kappa shape index (κ3) is 5.16. The second-order valence-electron chi connectivity index (χ2n) is 7.31. The van der Waals surface area contributed by atoms with Crippen LogP contribution in [0.5, 0.6) is 5.75 Å². The van der Waals surface area contributed by atoms with Gasteiger partial charge in [0.2, 0.25) is 15.9 Å². The molecule has 1 fully saturated rings. The average Bonchev–Trinajstić information content (AvgIpc) is 2.72. The Kier molecular flexibility index (Phi) is 6.92. The third-order valence-electron chi connectivity index (χ3n) is 5.24. The molecular formula is C22H28N2O4S. The Morgan fingerprint density at radius 1 is 1.03 bits per heavy atom. The minimum absolute atomic E-state index is 0.130. The van der Waals surface area contributed by atoms with Gasteiger partial charge in [-0.1, -0.05) is 30.7 Å². The van der Waals surface area contributed by atoms with Crippen LogP contribution in [0, 0.1) is 13.8 Å². The number of nitrogens with zero attached hydrogens (tertiary/aromatic N) is 1. The Morgan fingerprint density at radius 3 is 2.52 bits per heavy atom. The molecule has 7 heteroatoms. The summed E-state index contributed by atoms with van der Waals surface area (Å²) in [6.07, 6.45) is 2.91. The summed E-state index contributed by atoms with van der Waals surface area (Å²) in [7, 11) is -3.62. The van der Waals surface area contributed by atoms with Gasteiger partial charge in [0.15, 0.2) is 0 Å². The zero-order chi connectivity index (χ0) is 20.9. The second-order valence-corrected chi connectivity index (χ2v) is 9.21. The van der Waals surface area contributed by atoms with E-state index >= 15 is 0 Å². The van der Waals surface area contributed by atoms with Crippen LogP contribution in [0.25, 0.3) is 0 Å². The average molecular weight is 417 g/mol. The van der Waals surface area contributed by atoms with Crippen LogP contribution in [0.4, 0.5) is 5.69 Å². The summed E-state index contributed by atoms with van der Waals surface area (Å²) in [5.41, 5.74) is 2.49. The van der Waals surface area contributed by atoms with Gasteiger partial charge in [0, 0.05) is 13.1 Å². The molecule has 0 spiro atoms. The molecule has 0 atom stereocenters. The van der Waals surface area contributed by atoms with Crippen molar-refractivity contribution >= 4 is 21.6 Å². The van der Waals surface area contributed by atoms with E-state index in [1.165, 1.54) is 4.31 Å². The highest BCUT2D eigenvalue weighted by molar-refractivity contribution is 7.89. The number of rotatable bonds is 7. The number of para-hydroxylation sites is 1. The minimum Gasteiger partial charge on any atom is -0.493 e. The third-order valence-corrected chi connectivity index (χ3v) is 7.19. The van der Waals surface area contributed by atoms with E-state index in [-0.39, 0.29) is 23.8 Å². The van der Waals surface area contributed by atoms with Crippen molar-refractivity contribution < 1.29 is 17.9 Å². The van der Waals surface area contributed by atoms with Gasteiger partial charge in [0.1, 0.15) is 10.6 Å². The van der Waals surface area contributed by atoms with Gasteiger partial charge < -0.3 is 10.1 Å². The molecule has 0 aliphatic carbocycles. The quantitative estimate of drug-likeness (QED) is 0.743. The number of carbonyl (C=O) groups excluding carboxylic acids is 1. The van der Waals surface area contributed by atoms with Gasteiger partial charge in [0.25, 0.3) is 0 Å². The number of amides is 1. The molecule has 0 aromatic heterocycles. The minimum atomic E-state index is -3.62. The predicted octanol–water partition coefficient (Wildman–Crippen LogP) is 3.89. The molecule has 1 saturated heterocycles. The standard InChI is InChI=1S/C22H28N2O4S/c1-17-9-8-11-20(18(17)2)28-16-13-22(25)23-19-10-4-5-12-21(19)29(26,27)24-14-6-3-7-15-24/h4-5,8-12H,3,6-7,13-16H2,1-2H3,(H,23,25). The maximum absolute atomic E-state index is 13.0. The molecule has 2 aromatic rings.